The number of nitrogens with zero attached hydrogens (tertiary/aromatic N) is 1. The van der Waals surface area contributed by atoms with Gasteiger partial charge in [0.05, 0.1) is 7.11 Å². The lowest BCUT2D eigenvalue weighted by molar-refractivity contribution is -0.142. The number of methoxy groups -OCH3 is 1. The molecule has 0 N–H and O–H groups in total. The average molecular weight is 303 g/mol. The molecule has 0 spiro atoms. The summed E-state index contributed by atoms with van der Waals surface area (Å²) < 4.78 is 5.11. The van der Waals surface area contributed by atoms with Crippen LogP contribution in [0.3, 0.4) is 0 Å². The number of fused-ring (bicyclic) bond motifs is 1. The van der Waals surface area contributed by atoms with Crippen LogP contribution in [-0.2, 0) is 9.53 Å². The van der Waals surface area contributed by atoms with Gasteiger partial charge in [0.2, 0.25) is 0 Å². The molecule has 0 amide bonds. The fraction of sp³-hybridized carbons (Fsp3) is 0.632. The fourth-order valence-electron chi connectivity index (χ4n) is 4.01. The summed E-state index contributed by atoms with van der Waals surface area (Å²) in [4.78, 5) is 14.8. The van der Waals surface area contributed by atoms with E-state index in [0.29, 0.717) is 5.92 Å². The Bertz CT molecular complexity index is 550. The Balaban J connectivity index is 2.61. The molecule has 0 radical (unpaired) electrons. The van der Waals surface area contributed by atoms with Crippen molar-refractivity contribution in [3.8, 4) is 0 Å². The molecule has 0 aromatic heterocycles. The van der Waals surface area contributed by atoms with Crippen LogP contribution in [0.4, 0.5) is 5.69 Å². The molecule has 22 heavy (non-hydrogen) atoms. The summed E-state index contributed by atoms with van der Waals surface area (Å²) in [7, 11) is 1.49. The molecular formula is C19H29NO2. The Hall–Kier alpha value is -1.51. The monoisotopic (exact) mass is 303 g/mol. The summed E-state index contributed by atoms with van der Waals surface area (Å²) in [5, 5.41) is 0. The second-order valence-corrected chi connectivity index (χ2v) is 7.13. The van der Waals surface area contributed by atoms with E-state index in [-0.39, 0.29) is 17.6 Å². The molecule has 1 aliphatic heterocycles. The van der Waals surface area contributed by atoms with Gasteiger partial charge in [0, 0.05) is 11.2 Å². The van der Waals surface area contributed by atoms with Gasteiger partial charge in [0.25, 0.3) is 0 Å². The molecule has 1 aromatic rings. The predicted molar refractivity (Wildman–Crippen MR) is 91.5 cm³/mol. The maximum atomic E-state index is 12.4. The summed E-state index contributed by atoms with van der Waals surface area (Å²) >= 11 is 0. The van der Waals surface area contributed by atoms with E-state index in [2.05, 4.69) is 57.7 Å². The minimum absolute atomic E-state index is 0.0629. The molecule has 0 unspecified atom stereocenters. The topological polar surface area (TPSA) is 29.5 Å². The molecule has 2 rings (SSSR count). The molecule has 1 aliphatic rings. The van der Waals surface area contributed by atoms with Gasteiger partial charge >= 0.3 is 5.97 Å². The van der Waals surface area contributed by atoms with Crippen molar-refractivity contribution < 1.29 is 9.53 Å². The number of carbonyl (C=O) groups excluding carboxylic acids is 1. The molecule has 0 aliphatic carbocycles. The van der Waals surface area contributed by atoms with Gasteiger partial charge in [0.15, 0.2) is 0 Å². The highest BCUT2D eigenvalue weighted by Crippen LogP contribution is 2.46. The van der Waals surface area contributed by atoms with Crippen molar-refractivity contribution in [1.82, 2.24) is 0 Å². The summed E-state index contributed by atoms with van der Waals surface area (Å²) in [6.07, 6.45) is 2.82. The lowest BCUT2D eigenvalue weighted by Crippen LogP contribution is -2.56. The van der Waals surface area contributed by atoms with Crippen LogP contribution in [-0.4, -0.2) is 24.7 Å². The van der Waals surface area contributed by atoms with Gasteiger partial charge in [-0.15, -0.1) is 0 Å². The number of hydrogen-bond donors (Lipinski definition) is 0. The van der Waals surface area contributed by atoms with Gasteiger partial charge in [-0.3, -0.25) is 0 Å². The highest BCUT2D eigenvalue weighted by Gasteiger charge is 2.43. The minimum atomic E-state index is -0.211. The maximum Gasteiger partial charge on any atom is 0.328 e. The third-order valence-electron chi connectivity index (χ3n) is 4.85. The zero-order valence-corrected chi connectivity index (χ0v) is 14.8. The SMILES string of the molecule is CCC[C@@H](C(=O)OC)N1c2c(C)cccc2[C@@H](C)CC1(C)C. The van der Waals surface area contributed by atoms with E-state index in [9.17, 15) is 4.79 Å². The van der Waals surface area contributed by atoms with Crippen LogP contribution in [0.5, 0.6) is 0 Å². The quantitative estimate of drug-likeness (QED) is 0.771. The predicted octanol–water partition coefficient (Wildman–Crippen LogP) is 4.43. The Morgan fingerprint density at radius 1 is 1.45 bits per heavy atom. The smallest absolute Gasteiger partial charge is 0.328 e. The van der Waals surface area contributed by atoms with Crippen LogP contribution in [0.1, 0.15) is 64.0 Å². The third-order valence-corrected chi connectivity index (χ3v) is 4.85. The summed E-state index contributed by atoms with van der Waals surface area (Å²) in [6, 6.07) is 6.25. The van der Waals surface area contributed by atoms with Crippen molar-refractivity contribution in [3.63, 3.8) is 0 Å². The molecule has 1 aromatic carbocycles. The van der Waals surface area contributed by atoms with Crippen LogP contribution in [0.15, 0.2) is 18.2 Å². The third kappa shape index (κ3) is 2.86. The minimum Gasteiger partial charge on any atom is -0.467 e. The zero-order valence-electron chi connectivity index (χ0n) is 14.8. The lowest BCUT2D eigenvalue weighted by Gasteiger charge is -2.51. The molecule has 0 bridgehead atoms. The standard InChI is InChI=1S/C19H29NO2/c1-7-9-16(18(21)22-6)20-17-13(2)10-8-11-15(17)14(3)12-19(20,4)5/h8,10-11,14,16H,7,9,12H2,1-6H3/t14-,16-/m0/s1. The first-order chi connectivity index (χ1) is 10.3. The van der Waals surface area contributed by atoms with Gasteiger partial charge < -0.3 is 9.64 Å². The number of para-hydroxylation sites is 1. The highest BCUT2D eigenvalue weighted by molar-refractivity contribution is 5.82. The number of esters is 1. The number of hydrogen-bond acceptors (Lipinski definition) is 3. The van der Waals surface area contributed by atoms with E-state index in [1.165, 1.54) is 23.9 Å². The molecule has 0 saturated carbocycles. The van der Waals surface area contributed by atoms with Crippen LogP contribution in [0, 0.1) is 6.92 Å². The van der Waals surface area contributed by atoms with Crippen molar-refractivity contribution in [2.75, 3.05) is 12.0 Å². The number of carbonyl (C=O) groups is 1. The van der Waals surface area contributed by atoms with Crippen LogP contribution < -0.4 is 4.90 Å². The number of anilines is 1. The lowest BCUT2D eigenvalue weighted by atomic mass is 9.78. The summed E-state index contributed by atoms with van der Waals surface area (Å²) in [6.45, 7) is 11.0. The van der Waals surface area contributed by atoms with Crippen LogP contribution >= 0.6 is 0 Å². The first-order valence-corrected chi connectivity index (χ1v) is 8.30. The molecule has 122 valence electrons. The normalized spacial score (nSPS) is 21.2. The second kappa shape index (κ2) is 6.31. The van der Waals surface area contributed by atoms with Crippen molar-refractivity contribution in [1.29, 1.82) is 0 Å². The first kappa shape index (κ1) is 16.9. The fourth-order valence-corrected chi connectivity index (χ4v) is 4.01. The molecule has 0 saturated heterocycles. The number of aryl methyl sites for hydroxylation is 1. The summed E-state index contributed by atoms with van der Waals surface area (Å²) in [5.74, 6) is 0.375. The number of benzene rings is 1. The number of ether oxygens (including phenoxy) is 1. The highest BCUT2D eigenvalue weighted by atomic mass is 16.5. The van der Waals surface area contributed by atoms with Crippen molar-refractivity contribution >= 4 is 11.7 Å². The molecule has 2 atom stereocenters. The van der Waals surface area contributed by atoms with Gasteiger partial charge in [-0.25, -0.2) is 4.79 Å². The van der Waals surface area contributed by atoms with E-state index in [0.717, 1.165) is 19.3 Å². The van der Waals surface area contributed by atoms with Gasteiger partial charge in [-0.05, 0) is 50.7 Å². The van der Waals surface area contributed by atoms with Crippen LogP contribution in [0.25, 0.3) is 0 Å². The largest absolute Gasteiger partial charge is 0.467 e. The van der Waals surface area contributed by atoms with Crippen LogP contribution in [0.2, 0.25) is 0 Å². The van der Waals surface area contributed by atoms with E-state index in [1.807, 2.05) is 0 Å². The molecule has 3 heteroatoms. The van der Waals surface area contributed by atoms with Gasteiger partial charge in [-0.1, -0.05) is 38.5 Å². The molecule has 1 heterocycles. The average Bonchev–Trinajstić information content (AvgIpc) is 2.45. The van der Waals surface area contributed by atoms with E-state index >= 15 is 0 Å². The first-order valence-electron chi connectivity index (χ1n) is 8.30. The Labute approximate surface area is 134 Å². The molecular weight excluding hydrogens is 274 g/mol. The summed E-state index contributed by atoms with van der Waals surface area (Å²) in [5.41, 5.74) is 3.76. The van der Waals surface area contributed by atoms with Gasteiger partial charge in [0.1, 0.15) is 6.04 Å². The number of rotatable bonds is 4. The Morgan fingerprint density at radius 3 is 2.73 bits per heavy atom. The van der Waals surface area contributed by atoms with E-state index in [4.69, 9.17) is 4.74 Å². The van der Waals surface area contributed by atoms with Crippen molar-refractivity contribution in [3.05, 3.63) is 29.3 Å². The van der Waals surface area contributed by atoms with Gasteiger partial charge in [-0.2, -0.15) is 0 Å². The second-order valence-electron chi connectivity index (χ2n) is 7.13. The van der Waals surface area contributed by atoms with E-state index < -0.39 is 0 Å². The maximum absolute atomic E-state index is 12.4. The van der Waals surface area contributed by atoms with Crippen molar-refractivity contribution in [2.24, 2.45) is 0 Å². The zero-order chi connectivity index (χ0) is 16.5. The van der Waals surface area contributed by atoms with Crippen molar-refractivity contribution in [2.45, 2.75) is 71.4 Å². The molecule has 3 nitrogen and oxygen atoms in total. The molecule has 0 fully saturated rings. The van der Waals surface area contributed by atoms with E-state index in [1.54, 1.807) is 0 Å². The Morgan fingerprint density at radius 2 is 2.14 bits per heavy atom. The Kier molecular flexibility index (Phi) is 4.84.